The molecule has 1 amide bonds. The van der Waals surface area contributed by atoms with Gasteiger partial charge in [-0.3, -0.25) is 4.79 Å². The number of sulfonamides is 1. The van der Waals surface area contributed by atoms with E-state index in [9.17, 15) is 13.2 Å². The first-order valence-corrected chi connectivity index (χ1v) is 11.0. The van der Waals surface area contributed by atoms with Crippen LogP contribution >= 0.6 is 0 Å². The zero-order valence-electron chi connectivity index (χ0n) is 16.1. The lowest BCUT2D eigenvalue weighted by Crippen LogP contribution is -2.31. The quantitative estimate of drug-likeness (QED) is 0.803. The standard InChI is InChI=1S/C21H26N2O4S/c1-27-19-8-6-7-17(15-19)16-21(24)22-18-9-11-20(12-10-18)28(25,26)23-13-4-2-3-5-14-23/h6-12,15H,2-5,13-14,16H2,1H3,(H,22,24). The van der Waals surface area contributed by atoms with Crippen LogP contribution < -0.4 is 10.1 Å². The molecule has 0 aromatic heterocycles. The highest BCUT2D eigenvalue weighted by atomic mass is 32.2. The molecular formula is C21H26N2O4S. The van der Waals surface area contributed by atoms with Crippen molar-refractivity contribution in [1.29, 1.82) is 0 Å². The molecule has 0 radical (unpaired) electrons. The van der Waals surface area contributed by atoms with Crippen LogP contribution in [0.25, 0.3) is 0 Å². The molecule has 0 saturated carbocycles. The minimum Gasteiger partial charge on any atom is -0.497 e. The summed E-state index contributed by atoms with van der Waals surface area (Å²) in [5.41, 5.74) is 1.42. The lowest BCUT2D eigenvalue weighted by molar-refractivity contribution is -0.115. The monoisotopic (exact) mass is 402 g/mol. The van der Waals surface area contributed by atoms with Crippen LogP contribution in [-0.4, -0.2) is 38.8 Å². The van der Waals surface area contributed by atoms with Gasteiger partial charge >= 0.3 is 0 Å². The number of nitrogens with zero attached hydrogens (tertiary/aromatic N) is 1. The molecule has 0 aliphatic carbocycles. The summed E-state index contributed by atoms with van der Waals surface area (Å²) in [6.07, 6.45) is 4.16. The van der Waals surface area contributed by atoms with Gasteiger partial charge in [-0.2, -0.15) is 4.31 Å². The highest BCUT2D eigenvalue weighted by Crippen LogP contribution is 2.22. The second-order valence-corrected chi connectivity index (χ2v) is 8.86. The number of anilines is 1. The fourth-order valence-electron chi connectivity index (χ4n) is 3.31. The van der Waals surface area contributed by atoms with Gasteiger partial charge in [-0.05, 0) is 54.8 Å². The Kier molecular flexibility index (Phi) is 6.70. The van der Waals surface area contributed by atoms with Gasteiger partial charge in [-0.1, -0.05) is 25.0 Å². The molecule has 1 heterocycles. The lowest BCUT2D eigenvalue weighted by atomic mass is 10.1. The van der Waals surface area contributed by atoms with Crippen LogP contribution in [0.4, 0.5) is 5.69 Å². The van der Waals surface area contributed by atoms with Gasteiger partial charge in [0.25, 0.3) is 0 Å². The Bertz CT molecular complexity index is 902. The molecule has 1 fully saturated rings. The third kappa shape index (κ3) is 5.11. The second-order valence-electron chi connectivity index (χ2n) is 6.92. The van der Waals surface area contributed by atoms with Crippen LogP contribution in [0.2, 0.25) is 0 Å². The maximum Gasteiger partial charge on any atom is 0.243 e. The minimum absolute atomic E-state index is 0.170. The fraction of sp³-hybridized carbons (Fsp3) is 0.381. The van der Waals surface area contributed by atoms with E-state index in [2.05, 4.69) is 5.32 Å². The first-order valence-electron chi connectivity index (χ1n) is 9.52. The Hall–Kier alpha value is -2.38. The van der Waals surface area contributed by atoms with Crippen LogP contribution in [0.15, 0.2) is 53.4 Å². The third-order valence-electron chi connectivity index (χ3n) is 4.84. The zero-order valence-corrected chi connectivity index (χ0v) is 16.9. The largest absolute Gasteiger partial charge is 0.497 e. The molecule has 1 saturated heterocycles. The first kappa shape index (κ1) is 20.4. The normalized spacial score (nSPS) is 15.6. The van der Waals surface area contributed by atoms with Gasteiger partial charge < -0.3 is 10.1 Å². The molecule has 1 aliphatic rings. The Balaban J connectivity index is 1.64. The van der Waals surface area contributed by atoms with Gasteiger partial charge in [0.2, 0.25) is 15.9 Å². The van der Waals surface area contributed by atoms with Gasteiger partial charge in [0.05, 0.1) is 18.4 Å². The summed E-state index contributed by atoms with van der Waals surface area (Å²) in [4.78, 5) is 12.5. The van der Waals surface area contributed by atoms with Crippen molar-refractivity contribution in [2.45, 2.75) is 37.0 Å². The topological polar surface area (TPSA) is 75.7 Å². The maximum absolute atomic E-state index is 12.8. The van der Waals surface area contributed by atoms with E-state index in [-0.39, 0.29) is 17.2 Å². The van der Waals surface area contributed by atoms with E-state index in [0.717, 1.165) is 31.2 Å². The van der Waals surface area contributed by atoms with E-state index in [1.54, 1.807) is 35.7 Å². The van der Waals surface area contributed by atoms with Crippen LogP contribution in [0.3, 0.4) is 0 Å². The number of ether oxygens (including phenoxy) is 1. The van der Waals surface area contributed by atoms with E-state index in [1.165, 1.54) is 0 Å². The summed E-state index contributed by atoms with van der Waals surface area (Å²) in [5, 5.41) is 2.81. The van der Waals surface area contributed by atoms with Gasteiger partial charge in [-0.15, -0.1) is 0 Å². The van der Waals surface area contributed by atoms with Crippen molar-refractivity contribution in [3.63, 3.8) is 0 Å². The van der Waals surface area contributed by atoms with Crippen molar-refractivity contribution in [1.82, 2.24) is 4.31 Å². The number of rotatable bonds is 6. The molecule has 28 heavy (non-hydrogen) atoms. The van der Waals surface area contributed by atoms with Crippen molar-refractivity contribution in [2.24, 2.45) is 0 Å². The Morgan fingerprint density at radius 1 is 1.04 bits per heavy atom. The van der Waals surface area contributed by atoms with E-state index in [4.69, 9.17) is 4.74 Å². The second kappa shape index (κ2) is 9.21. The van der Waals surface area contributed by atoms with Crippen molar-refractivity contribution in [3.8, 4) is 5.75 Å². The summed E-state index contributed by atoms with van der Waals surface area (Å²) < 4.78 is 32.3. The average Bonchev–Trinajstić information content (AvgIpc) is 2.98. The van der Waals surface area contributed by atoms with Crippen LogP contribution in [0.1, 0.15) is 31.2 Å². The van der Waals surface area contributed by atoms with Gasteiger partial charge in [0.1, 0.15) is 5.75 Å². The summed E-state index contributed by atoms with van der Waals surface area (Å²) in [6.45, 7) is 1.14. The number of nitrogens with one attached hydrogen (secondary N) is 1. The van der Waals surface area contributed by atoms with Gasteiger partial charge in [-0.25, -0.2) is 8.42 Å². The van der Waals surface area contributed by atoms with E-state index in [0.29, 0.717) is 24.5 Å². The molecule has 0 bridgehead atoms. The highest BCUT2D eigenvalue weighted by molar-refractivity contribution is 7.89. The highest BCUT2D eigenvalue weighted by Gasteiger charge is 2.24. The van der Waals surface area contributed by atoms with Crippen molar-refractivity contribution in [3.05, 3.63) is 54.1 Å². The zero-order chi connectivity index (χ0) is 20.0. The minimum atomic E-state index is -3.48. The van der Waals surface area contributed by atoms with Crippen LogP contribution in [-0.2, 0) is 21.2 Å². The predicted molar refractivity (Wildman–Crippen MR) is 109 cm³/mol. The lowest BCUT2D eigenvalue weighted by Gasteiger charge is -2.20. The maximum atomic E-state index is 12.8. The number of hydrogen-bond acceptors (Lipinski definition) is 4. The summed E-state index contributed by atoms with van der Waals surface area (Å²) >= 11 is 0. The number of hydrogen-bond donors (Lipinski definition) is 1. The predicted octanol–water partition coefficient (Wildman–Crippen LogP) is 3.44. The molecule has 2 aromatic rings. The van der Waals surface area contributed by atoms with Gasteiger partial charge in [0, 0.05) is 18.8 Å². The molecular weight excluding hydrogens is 376 g/mol. The average molecular weight is 403 g/mol. The SMILES string of the molecule is COc1cccc(CC(=O)Nc2ccc(S(=O)(=O)N3CCCCCC3)cc2)c1. The molecule has 7 heteroatoms. The molecule has 0 unspecified atom stereocenters. The Labute approximate surface area is 166 Å². The number of benzene rings is 2. The molecule has 0 spiro atoms. The van der Waals surface area contributed by atoms with Crippen molar-refractivity contribution < 1.29 is 17.9 Å². The van der Waals surface area contributed by atoms with Gasteiger partial charge in [0.15, 0.2) is 0 Å². The number of amides is 1. The number of carbonyl (C=O) groups is 1. The Morgan fingerprint density at radius 3 is 2.36 bits per heavy atom. The first-order chi connectivity index (χ1) is 13.5. The summed E-state index contributed by atoms with van der Waals surface area (Å²) in [6, 6.07) is 13.7. The molecule has 1 N–H and O–H groups in total. The van der Waals surface area contributed by atoms with E-state index >= 15 is 0 Å². The number of carbonyl (C=O) groups excluding carboxylic acids is 1. The van der Waals surface area contributed by atoms with E-state index < -0.39 is 10.0 Å². The van der Waals surface area contributed by atoms with Crippen LogP contribution in [0, 0.1) is 0 Å². The fourth-order valence-corrected chi connectivity index (χ4v) is 4.83. The molecule has 6 nitrogen and oxygen atoms in total. The molecule has 3 rings (SSSR count). The molecule has 2 aromatic carbocycles. The molecule has 1 aliphatic heterocycles. The van der Waals surface area contributed by atoms with E-state index in [1.807, 2.05) is 24.3 Å². The number of methoxy groups -OCH3 is 1. The Morgan fingerprint density at radius 2 is 1.71 bits per heavy atom. The molecule has 150 valence electrons. The van der Waals surface area contributed by atoms with Crippen molar-refractivity contribution >= 4 is 21.6 Å². The van der Waals surface area contributed by atoms with Crippen LogP contribution in [0.5, 0.6) is 5.75 Å². The third-order valence-corrected chi connectivity index (χ3v) is 6.75. The summed E-state index contributed by atoms with van der Waals surface area (Å²) in [5.74, 6) is 0.532. The van der Waals surface area contributed by atoms with Crippen molar-refractivity contribution in [2.75, 3.05) is 25.5 Å². The smallest absolute Gasteiger partial charge is 0.243 e. The molecule has 0 atom stereocenters. The summed E-state index contributed by atoms with van der Waals surface area (Å²) in [7, 11) is -1.90.